The number of hydrogen-bond donors (Lipinski definition) is 0. The maximum atomic E-state index is 4.98. The van der Waals surface area contributed by atoms with Gasteiger partial charge in [-0.1, -0.05) is 17.7 Å². The fourth-order valence-electron chi connectivity index (χ4n) is 0.722. The van der Waals surface area contributed by atoms with Gasteiger partial charge in [0.15, 0.2) is 0 Å². The standard InChI is InChI=1S/C8H10OS.K/c1-9-8-4-2-7(6-10)3-5-8;/h2-5,10H,6H2,1H3;/q;+1/p-1. The van der Waals surface area contributed by atoms with Crippen molar-refractivity contribution in [2.75, 3.05) is 7.11 Å². The molecule has 3 heteroatoms. The van der Waals surface area contributed by atoms with Crippen LogP contribution in [-0.2, 0) is 18.4 Å². The van der Waals surface area contributed by atoms with Crippen molar-refractivity contribution < 1.29 is 56.1 Å². The van der Waals surface area contributed by atoms with Crippen LogP contribution in [0.1, 0.15) is 5.56 Å². The molecule has 0 aliphatic rings. The number of methoxy groups -OCH3 is 1. The first kappa shape index (κ1) is 12.0. The summed E-state index contributed by atoms with van der Waals surface area (Å²) in [6.45, 7) is 0. The van der Waals surface area contributed by atoms with E-state index in [-0.39, 0.29) is 51.4 Å². The van der Waals surface area contributed by atoms with Gasteiger partial charge in [0.2, 0.25) is 0 Å². The van der Waals surface area contributed by atoms with E-state index in [2.05, 4.69) is 0 Å². The first-order valence-electron chi connectivity index (χ1n) is 3.08. The summed E-state index contributed by atoms with van der Waals surface area (Å²) >= 11 is 4.86. The zero-order valence-corrected chi connectivity index (χ0v) is 10.8. The molecule has 0 aliphatic heterocycles. The monoisotopic (exact) mass is 192 g/mol. The van der Waals surface area contributed by atoms with Gasteiger partial charge in [-0.2, -0.15) is 5.75 Å². The van der Waals surface area contributed by atoms with Crippen LogP contribution < -0.4 is 56.1 Å². The Morgan fingerprint density at radius 1 is 1.27 bits per heavy atom. The second kappa shape index (κ2) is 6.51. The third-order valence-corrected chi connectivity index (χ3v) is 1.66. The van der Waals surface area contributed by atoms with E-state index >= 15 is 0 Å². The molecule has 1 aromatic rings. The van der Waals surface area contributed by atoms with Crippen LogP contribution in [0.25, 0.3) is 0 Å². The molecule has 1 nitrogen and oxygen atoms in total. The minimum atomic E-state index is 0. The summed E-state index contributed by atoms with van der Waals surface area (Å²) < 4.78 is 4.98. The maximum absolute atomic E-state index is 4.98. The molecule has 0 amide bonds. The van der Waals surface area contributed by atoms with Crippen LogP contribution in [0.15, 0.2) is 24.3 Å². The maximum Gasteiger partial charge on any atom is 1.00 e. The Morgan fingerprint density at radius 2 is 1.82 bits per heavy atom. The Morgan fingerprint density at radius 3 is 2.18 bits per heavy atom. The summed E-state index contributed by atoms with van der Waals surface area (Å²) in [4.78, 5) is 0. The van der Waals surface area contributed by atoms with E-state index in [0.29, 0.717) is 5.75 Å². The molecule has 0 saturated carbocycles. The molecule has 0 atom stereocenters. The van der Waals surface area contributed by atoms with Crippen molar-refractivity contribution in [1.82, 2.24) is 0 Å². The third kappa shape index (κ3) is 3.96. The molecule has 0 spiro atoms. The Balaban J connectivity index is 0.000001000. The van der Waals surface area contributed by atoms with E-state index < -0.39 is 0 Å². The fraction of sp³-hybridized carbons (Fsp3) is 0.250. The fourth-order valence-corrected chi connectivity index (χ4v) is 0.914. The van der Waals surface area contributed by atoms with Gasteiger partial charge in [0, 0.05) is 0 Å². The Hall–Kier alpha value is 1.01. The topological polar surface area (TPSA) is 9.23 Å². The molecular formula is C8H9KOS. The Kier molecular flexibility index (Phi) is 7.11. The number of ether oxygens (including phenoxy) is 1. The van der Waals surface area contributed by atoms with Gasteiger partial charge in [0.05, 0.1) is 7.11 Å². The summed E-state index contributed by atoms with van der Waals surface area (Å²) in [7, 11) is 1.66. The first-order chi connectivity index (χ1) is 4.86. The largest absolute Gasteiger partial charge is 1.00 e. The van der Waals surface area contributed by atoms with Crippen molar-refractivity contribution in [2.24, 2.45) is 0 Å². The zero-order chi connectivity index (χ0) is 7.40. The summed E-state index contributed by atoms with van der Waals surface area (Å²) in [6, 6.07) is 7.79. The average Bonchev–Trinajstić information content (AvgIpc) is 2.05. The zero-order valence-electron chi connectivity index (χ0n) is 6.83. The second-order valence-corrected chi connectivity index (χ2v) is 2.28. The van der Waals surface area contributed by atoms with Crippen molar-refractivity contribution in [3.05, 3.63) is 29.8 Å². The van der Waals surface area contributed by atoms with Gasteiger partial charge >= 0.3 is 51.4 Å². The van der Waals surface area contributed by atoms with Gasteiger partial charge in [0.25, 0.3) is 0 Å². The van der Waals surface area contributed by atoms with Crippen molar-refractivity contribution in [3.8, 4) is 5.75 Å². The molecule has 0 unspecified atom stereocenters. The predicted molar refractivity (Wildman–Crippen MR) is 44.1 cm³/mol. The Bertz CT molecular complexity index is 175. The van der Waals surface area contributed by atoms with Gasteiger partial charge in [-0.3, -0.25) is 0 Å². The van der Waals surface area contributed by atoms with E-state index in [4.69, 9.17) is 17.4 Å². The molecule has 0 aromatic heterocycles. The summed E-state index contributed by atoms with van der Waals surface area (Å²) in [5, 5.41) is 0. The van der Waals surface area contributed by atoms with Crippen LogP contribution in [0.2, 0.25) is 0 Å². The minimum absolute atomic E-state index is 0. The third-order valence-electron chi connectivity index (χ3n) is 1.33. The molecule has 54 valence electrons. The van der Waals surface area contributed by atoms with E-state index in [1.807, 2.05) is 24.3 Å². The molecular weight excluding hydrogens is 183 g/mol. The van der Waals surface area contributed by atoms with Crippen LogP contribution in [0.4, 0.5) is 0 Å². The van der Waals surface area contributed by atoms with Crippen LogP contribution in [0.5, 0.6) is 5.75 Å². The van der Waals surface area contributed by atoms with Crippen LogP contribution >= 0.6 is 0 Å². The smallest absolute Gasteiger partial charge is 0.788 e. The molecule has 1 aromatic carbocycles. The quantitative estimate of drug-likeness (QED) is 0.428. The van der Waals surface area contributed by atoms with Gasteiger partial charge in [0.1, 0.15) is 5.75 Å². The summed E-state index contributed by atoms with van der Waals surface area (Å²) in [5.41, 5.74) is 1.16. The van der Waals surface area contributed by atoms with Crippen molar-refractivity contribution in [1.29, 1.82) is 0 Å². The first-order valence-corrected chi connectivity index (χ1v) is 3.65. The van der Waals surface area contributed by atoms with Crippen LogP contribution in [0, 0.1) is 0 Å². The van der Waals surface area contributed by atoms with E-state index in [1.54, 1.807) is 7.11 Å². The number of hydrogen-bond acceptors (Lipinski definition) is 2. The molecule has 0 heterocycles. The minimum Gasteiger partial charge on any atom is -0.788 e. The summed E-state index contributed by atoms with van der Waals surface area (Å²) in [6.07, 6.45) is 0. The van der Waals surface area contributed by atoms with Crippen molar-refractivity contribution in [2.45, 2.75) is 5.75 Å². The van der Waals surface area contributed by atoms with Crippen molar-refractivity contribution >= 4 is 12.6 Å². The van der Waals surface area contributed by atoms with Crippen LogP contribution in [0.3, 0.4) is 0 Å². The molecule has 0 bridgehead atoms. The van der Waals surface area contributed by atoms with E-state index in [1.165, 1.54) is 0 Å². The molecule has 1 rings (SSSR count). The van der Waals surface area contributed by atoms with Gasteiger partial charge in [-0.15, -0.1) is 0 Å². The molecule has 0 fully saturated rings. The molecule has 0 saturated heterocycles. The normalized spacial score (nSPS) is 8.55. The Labute approximate surface area is 115 Å². The second-order valence-electron chi connectivity index (χ2n) is 1.99. The van der Waals surface area contributed by atoms with E-state index in [9.17, 15) is 0 Å². The van der Waals surface area contributed by atoms with Gasteiger partial charge in [-0.05, 0) is 12.1 Å². The molecule has 11 heavy (non-hydrogen) atoms. The van der Waals surface area contributed by atoms with E-state index in [0.717, 1.165) is 11.3 Å². The molecule has 0 N–H and O–H groups in total. The number of rotatable bonds is 2. The predicted octanol–water partition coefficient (Wildman–Crippen LogP) is -1.25. The average molecular weight is 192 g/mol. The van der Waals surface area contributed by atoms with Gasteiger partial charge < -0.3 is 17.4 Å². The SMILES string of the molecule is COc1ccc(C[S-])cc1.[K+]. The number of benzene rings is 1. The van der Waals surface area contributed by atoms with Gasteiger partial charge in [-0.25, -0.2) is 0 Å². The summed E-state index contributed by atoms with van der Waals surface area (Å²) in [5.74, 6) is 1.55. The molecule has 0 aliphatic carbocycles. The molecule has 0 radical (unpaired) electrons. The van der Waals surface area contributed by atoms with Crippen molar-refractivity contribution in [3.63, 3.8) is 0 Å². The van der Waals surface area contributed by atoms with Crippen LogP contribution in [-0.4, -0.2) is 7.11 Å².